The van der Waals surface area contributed by atoms with Crippen molar-refractivity contribution >= 4 is 0 Å². The summed E-state index contributed by atoms with van der Waals surface area (Å²) in [6.45, 7) is 5.17. The molecule has 16 heavy (non-hydrogen) atoms. The molecule has 1 atom stereocenters. The van der Waals surface area contributed by atoms with E-state index in [0.717, 1.165) is 6.54 Å². The average Bonchev–Trinajstić information content (AvgIpc) is 2.98. The van der Waals surface area contributed by atoms with E-state index < -0.39 is 0 Å². The normalized spacial score (nSPS) is 20.0. The smallest absolute Gasteiger partial charge is 0.0643 e. The van der Waals surface area contributed by atoms with Gasteiger partial charge in [-0.3, -0.25) is 4.68 Å². The molecule has 2 N–H and O–H groups in total. The van der Waals surface area contributed by atoms with Gasteiger partial charge in [0.25, 0.3) is 0 Å². The third-order valence-corrected chi connectivity index (χ3v) is 3.22. The minimum Gasteiger partial charge on any atom is -0.394 e. The lowest BCUT2D eigenvalue weighted by Gasteiger charge is -2.35. The predicted octanol–water partition coefficient (Wildman–Crippen LogP) is 1.02. The van der Waals surface area contributed by atoms with Gasteiger partial charge in [0, 0.05) is 18.4 Å². The van der Waals surface area contributed by atoms with Crippen LogP contribution in [0.5, 0.6) is 0 Å². The lowest BCUT2D eigenvalue weighted by Crippen LogP contribution is -2.56. The summed E-state index contributed by atoms with van der Waals surface area (Å²) in [7, 11) is 0. The Balaban J connectivity index is 2.12. The molecule has 0 spiro atoms. The van der Waals surface area contributed by atoms with Gasteiger partial charge < -0.3 is 10.4 Å². The molecule has 0 aliphatic heterocycles. The van der Waals surface area contributed by atoms with Crippen molar-refractivity contribution in [1.82, 2.24) is 15.1 Å². The fourth-order valence-electron chi connectivity index (χ4n) is 2.41. The van der Waals surface area contributed by atoms with Gasteiger partial charge >= 0.3 is 0 Å². The molecule has 4 heteroatoms. The van der Waals surface area contributed by atoms with Gasteiger partial charge in [0.1, 0.15) is 0 Å². The number of nitrogens with zero attached hydrogens (tertiary/aromatic N) is 2. The van der Waals surface area contributed by atoms with E-state index in [1.54, 1.807) is 6.20 Å². The van der Waals surface area contributed by atoms with Crippen molar-refractivity contribution < 1.29 is 5.11 Å². The molecule has 0 radical (unpaired) electrons. The number of aliphatic hydroxyl groups excluding tert-OH is 1. The Morgan fingerprint density at radius 2 is 2.31 bits per heavy atom. The van der Waals surface area contributed by atoms with Gasteiger partial charge in [-0.15, -0.1) is 0 Å². The second kappa shape index (κ2) is 4.55. The highest BCUT2D eigenvalue weighted by molar-refractivity contribution is 5.01. The van der Waals surface area contributed by atoms with Crippen LogP contribution in [0, 0.1) is 5.92 Å². The van der Waals surface area contributed by atoms with Gasteiger partial charge in [-0.25, -0.2) is 0 Å². The van der Waals surface area contributed by atoms with Gasteiger partial charge in [0.2, 0.25) is 0 Å². The molecular weight excluding hydrogens is 202 g/mol. The van der Waals surface area contributed by atoms with E-state index in [9.17, 15) is 5.11 Å². The molecule has 0 saturated heterocycles. The van der Waals surface area contributed by atoms with E-state index in [0.29, 0.717) is 12.0 Å². The molecule has 1 unspecified atom stereocenters. The van der Waals surface area contributed by atoms with Crippen LogP contribution in [0.4, 0.5) is 0 Å². The van der Waals surface area contributed by atoms with Gasteiger partial charge in [-0.2, -0.15) is 5.10 Å². The van der Waals surface area contributed by atoms with Gasteiger partial charge in [0.05, 0.1) is 18.7 Å². The standard InChI is InChI=1S/C12H21N3O/c1-10(2)14-12(9-16,11-4-5-11)8-15-7-3-6-13-15/h3,6-7,10-11,14,16H,4-5,8-9H2,1-2H3. The van der Waals surface area contributed by atoms with E-state index in [1.807, 2.05) is 16.9 Å². The van der Waals surface area contributed by atoms with Crippen LogP contribution >= 0.6 is 0 Å². The summed E-state index contributed by atoms with van der Waals surface area (Å²) in [5.41, 5.74) is -0.194. The Kier molecular flexibility index (Phi) is 3.30. The van der Waals surface area contributed by atoms with Crippen LogP contribution in [0.25, 0.3) is 0 Å². The van der Waals surface area contributed by atoms with Gasteiger partial charge in [-0.1, -0.05) is 13.8 Å². The van der Waals surface area contributed by atoms with Gasteiger partial charge in [0.15, 0.2) is 0 Å². The lowest BCUT2D eigenvalue weighted by atomic mass is 9.93. The highest BCUT2D eigenvalue weighted by atomic mass is 16.3. The molecule has 1 aromatic rings. The first-order valence-electron chi connectivity index (χ1n) is 6.02. The summed E-state index contributed by atoms with van der Waals surface area (Å²) in [5.74, 6) is 0.587. The SMILES string of the molecule is CC(C)NC(CO)(Cn1cccn1)C1CC1. The van der Waals surface area contributed by atoms with E-state index in [1.165, 1.54) is 12.8 Å². The van der Waals surface area contributed by atoms with Crippen molar-refractivity contribution in [2.75, 3.05) is 6.61 Å². The number of aliphatic hydroxyl groups is 1. The monoisotopic (exact) mass is 223 g/mol. The summed E-state index contributed by atoms with van der Waals surface area (Å²) in [5, 5.41) is 17.5. The zero-order valence-corrected chi connectivity index (χ0v) is 10.1. The molecule has 90 valence electrons. The van der Waals surface area contributed by atoms with Crippen molar-refractivity contribution in [2.45, 2.75) is 44.8 Å². The number of nitrogens with one attached hydrogen (secondary N) is 1. The molecule has 0 amide bonds. The Morgan fingerprint density at radius 3 is 2.75 bits per heavy atom. The van der Waals surface area contributed by atoms with Crippen molar-refractivity contribution in [1.29, 1.82) is 0 Å². The summed E-state index contributed by atoms with van der Waals surface area (Å²) >= 11 is 0. The Labute approximate surface area is 96.7 Å². The van der Waals surface area contributed by atoms with Crippen molar-refractivity contribution in [3.63, 3.8) is 0 Å². The van der Waals surface area contributed by atoms with Crippen LogP contribution in [-0.2, 0) is 6.54 Å². The number of aromatic nitrogens is 2. The maximum Gasteiger partial charge on any atom is 0.0643 e. The van der Waals surface area contributed by atoms with Crippen LogP contribution in [-0.4, -0.2) is 33.1 Å². The largest absolute Gasteiger partial charge is 0.394 e. The predicted molar refractivity (Wildman–Crippen MR) is 63.0 cm³/mol. The van der Waals surface area contributed by atoms with Crippen molar-refractivity contribution in [3.05, 3.63) is 18.5 Å². The van der Waals surface area contributed by atoms with E-state index in [2.05, 4.69) is 24.3 Å². The molecular formula is C12H21N3O. The first kappa shape index (κ1) is 11.6. The summed E-state index contributed by atoms with van der Waals surface area (Å²) in [6, 6.07) is 2.30. The van der Waals surface area contributed by atoms with Crippen molar-refractivity contribution in [3.8, 4) is 0 Å². The van der Waals surface area contributed by atoms with E-state index in [-0.39, 0.29) is 12.1 Å². The first-order valence-corrected chi connectivity index (χ1v) is 6.02. The maximum absolute atomic E-state index is 9.73. The molecule has 1 aliphatic rings. The highest BCUT2D eigenvalue weighted by Gasteiger charge is 2.45. The lowest BCUT2D eigenvalue weighted by molar-refractivity contribution is 0.109. The first-order chi connectivity index (χ1) is 7.66. The minimum atomic E-state index is -0.194. The van der Waals surface area contributed by atoms with Crippen LogP contribution in [0.2, 0.25) is 0 Å². The van der Waals surface area contributed by atoms with E-state index >= 15 is 0 Å². The van der Waals surface area contributed by atoms with Crippen molar-refractivity contribution in [2.24, 2.45) is 5.92 Å². The molecule has 1 fully saturated rings. The number of rotatable bonds is 6. The topological polar surface area (TPSA) is 50.1 Å². The molecule has 1 aliphatic carbocycles. The Bertz CT molecular complexity index is 319. The fraction of sp³-hybridized carbons (Fsp3) is 0.750. The molecule has 1 aromatic heterocycles. The number of hydrogen-bond acceptors (Lipinski definition) is 3. The Morgan fingerprint density at radius 1 is 1.56 bits per heavy atom. The zero-order chi connectivity index (χ0) is 11.6. The second-order valence-corrected chi connectivity index (χ2v) is 5.09. The summed E-state index contributed by atoms with van der Waals surface area (Å²) < 4.78 is 1.91. The zero-order valence-electron chi connectivity index (χ0n) is 10.1. The van der Waals surface area contributed by atoms with Crippen LogP contribution in [0.3, 0.4) is 0 Å². The third kappa shape index (κ3) is 2.44. The fourth-order valence-corrected chi connectivity index (χ4v) is 2.41. The van der Waals surface area contributed by atoms with Crippen LogP contribution in [0.15, 0.2) is 18.5 Å². The Hall–Kier alpha value is -0.870. The molecule has 1 heterocycles. The molecule has 0 aromatic carbocycles. The molecule has 4 nitrogen and oxygen atoms in total. The molecule has 1 saturated carbocycles. The average molecular weight is 223 g/mol. The van der Waals surface area contributed by atoms with Crippen LogP contribution < -0.4 is 5.32 Å². The molecule has 2 rings (SSSR count). The van der Waals surface area contributed by atoms with E-state index in [4.69, 9.17) is 0 Å². The van der Waals surface area contributed by atoms with Crippen LogP contribution in [0.1, 0.15) is 26.7 Å². The van der Waals surface area contributed by atoms with Gasteiger partial charge in [-0.05, 0) is 24.8 Å². The summed E-state index contributed by atoms with van der Waals surface area (Å²) in [4.78, 5) is 0. The summed E-state index contributed by atoms with van der Waals surface area (Å²) in [6.07, 6.45) is 6.16. The maximum atomic E-state index is 9.73. The quantitative estimate of drug-likeness (QED) is 0.757. The number of hydrogen-bond donors (Lipinski definition) is 2. The second-order valence-electron chi connectivity index (χ2n) is 5.09. The third-order valence-electron chi connectivity index (χ3n) is 3.22. The minimum absolute atomic E-state index is 0.176. The molecule has 0 bridgehead atoms. The highest BCUT2D eigenvalue weighted by Crippen LogP contribution is 2.40.